The van der Waals surface area contributed by atoms with Gasteiger partial charge in [0.25, 0.3) is 5.91 Å². The van der Waals surface area contributed by atoms with E-state index in [1.807, 2.05) is 30.3 Å². The maximum Gasteiger partial charge on any atom is 0.255 e. The molecular formula is C27H30N4O6S. The molecule has 3 aromatic carbocycles. The fraction of sp³-hybridized carbons (Fsp3) is 0.222. The van der Waals surface area contributed by atoms with Gasteiger partial charge in [0.05, 0.1) is 24.3 Å². The summed E-state index contributed by atoms with van der Waals surface area (Å²) in [4.78, 5) is 23.9. The van der Waals surface area contributed by atoms with Crippen molar-refractivity contribution in [2.45, 2.75) is 25.2 Å². The van der Waals surface area contributed by atoms with Gasteiger partial charge in [-0.2, -0.15) is 9.41 Å². The number of carbonyl (C=O) groups is 2. The van der Waals surface area contributed by atoms with Gasteiger partial charge in [0.1, 0.15) is 0 Å². The number of benzene rings is 3. The second-order valence-electron chi connectivity index (χ2n) is 8.23. The van der Waals surface area contributed by atoms with E-state index in [4.69, 9.17) is 4.74 Å². The molecule has 3 rings (SSSR count). The third-order valence-corrected chi connectivity index (χ3v) is 7.17. The first-order valence-corrected chi connectivity index (χ1v) is 13.3. The second-order valence-corrected chi connectivity index (χ2v) is 10.2. The van der Waals surface area contributed by atoms with Crippen LogP contribution >= 0.6 is 0 Å². The lowest BCUT2D eigenvalue weighted by Crippen LogP contribution is -2.40. The van der Waals surface area contributed by atoms with Crippen LogP contribution in [0.5, 0.6) is 11.5 Å². The lowest BCUT2D eigenvalue weighted by Gasteiger charge is -2.21. The standard InChI is InChI=1S/C27H30N4O6S/c1-3-37-26-17-22(9-14-25(26)33)18-28-30-27(34)19-31(16-15-21-7-5-4-6-8-21)38(35,36)24-12-10-23(11-13-24)29-20(2)32/h4-14,17-18,33H,3,15-16,19H2,1-2H3,(H,29,32)(H,30,34). The molecule has 0 heterocycles. The first-order chi connectivity index (χ1) is 18.2. The van der Waals surface area contributed by atoms with E-state index in [0.717, 1.165) is 9.87 Å². The number of carbonyl (C=O) groups excluding carboxylic acids is 2. The van der Waals surface area contributed by atoms with Crippen LogP contribution in [0.1, 0.15) is 25.0 Å². The van der Waals surface area contributed by atoms with Gasteiger partial charge in [-0.15, -0.1) is 0 Å². The first-order valence-electron chi connectivity index (χ1n) is 11.9. The Bertz CT molecular complexity index is 1380. The van der Waals surface area contributed by atoms with Crippen LogP contribution in [-0.2, 0) is 26.0 Å². The SMILES string of the molecule is CCOc1cc(C=NNC(=O)CN(CCc2ccccc2)S(=O)(=O)c2ccc(NC(C)=O)cc2)ccc1O. The predicted octanol–water partition coefficient (Wildman–Crippen LogP) is 3.13. The lowest BCUT2D eigenvalue weighted by atomic mass is 10.1. The van der Waals surface area contributed by atoms with Gasteiger partial charge in [0.15, 0.2) is 11.5 Å². The van der Waals surface area contributed by atoms with E-state index < -0.39 is 22.5 Å². The maximum absolute atomic E-state index is 13.4. The van der Waals surface area contributed by atoms with E-state index in [1.54, 1.807) is 19.1 Å². The monoisotopic (exact) mass is 538 g/mol. The van der Waals surface area contributed by atoms with E-state index in [1.165, 1.54) is 43.5 Å². The fourth-order valence-corrected chi connectivity index (χ4v) is 4.90. The molecule has 11 heteroatoms. The smallest absolute Gasteiger partial charge is 0.255 e. The van der Waals surface area contributed by atoms with Crippen molar-refractivity contribution in [3.63, 3.8) is 0 Å². The minimum Gasteiger partial charge on any atom is -0.504 e. The van der Waals surface area contributed by atoms with E-state index in [0.29, 0.717) is 24.3 Å². The number of aromatic hydroxyl groups is 1. The Morgan fingerprint density at radius 3 is 2.42 bits per heavy atom. The Morgan fingerprint density at radius 1 is 1.05 bits per heavy atom. The number of ether oxygens (including phenoxy) is 1. The summed E-state index contributed by atoms with van der Waals surface area (Å²) in [7, 11) is -4.04. The number of phenols is 1. The van der Waals surface area contributed by atoms with E-state index >= 15 is 0 Å². The summed E-state index contributed by atoms with van der Waals surface area (Å²) >= 11 is 0. The summed E-state index contributed by atoms with van der Waals surface area (Å²) < 4.78 is 33.3. The van der Waals surface area contributed by atoms with Crippen LogP contribution < -0.4 is 15.5 Å². The summed E-state index contributed by atoms with van der Waals surface area (Å²) in [6.07, 6.45) is 1.76. The molecule has 0 aromatic heterocycles. The predicted molar refractivity (Wildman–Crippen MR) is 145 cm³/mol. The van der Waals surface area contributed by atoms with Crippen LogP contribution in [0, 0.1) is 0 Å². The van der Waals surface area contributed by atoms with Crippen LogP contribution in [-0.4, -0.2) is 55.6 Å². The minimum atomic E-state index is -4.04. The highest BCUT2D eigenvalue weighted by molar-refractivity contribution is 7.89. The van der Waals surface area contributed by atoms with Crippen molar-refractivity contribution < 1.29 is 27.9 Å². The van der Waals surface area contributed by atoms with Crippen molar-refractivity contribution in [3.05, 3.63) is 83.9 Å². The lowest BCUT2D eigenvalue weighted by molar-refractivity contribution is -0.121. The van der Waals surface area contributed by atoms with Gasteiger partial charge in [0.2, 0.25) is 15.9 Å². The number of hydrazone groups is 1. The van der Waals surface area contributed by atoms with Gasteiger partial charge >= 0.3 is 0 Å². The average Bonchev–Trinajstić information content (AvgIpc) is 2.89. The highest BCUT2D eigenvalue weighted by Gasteiger charge is 2.26. The second kappa shape index (κ2) is 13.4. The minimum absolute atomic E-state index is 0.0106. The fourth-order valence-electron chi connectivity index (χ4n) is 3.50. The Balaban J connectivity index is 1.74. The molecule has 0 spiro atoms. The number of rotatable bonds is 12. The van der Waals surface area contributed by atoms with Crippen molar-refractivity contribution in [2.75, 3.05) is 25.0 Å². The number of phenolic OH excluding ortho intramolecular Hbond substituents is 1. The van der Waals surface area contributed by atoms with Gasteiger partial charge in [-0.25, -0.2) is 13.8 Å². The quantitative estimate of drug-likeness (QED) is 0.239. The summed E-state index contributed by atoms with van der Waals surface area (Å²) in [6.45, 7) is 3.12. The molecule has 0 saturated heterocycles. The van der Waals surface area contributed by atoms with Crippen molar-refractivity contribution >= 4 is 33.7 Å². The molecule has 0 atom stereocenters. The Morgan fingerprint density at radius 2 is 1.76 bits per heavy atom. The number of hydrogen-bond acceptors (Lipinski definition) is 7. The summed E-state index contributed by atoms with van der Waals surface area (Å²) in [6, 6.07) is 19.7. The third kappa shape index (κ3) is 8.15. The largest absolute Gasteiger partial charge is 0.504 e. The van der Waals surface area contributed by atoms with E-state index in [-0.39, 0.29) is 28.8 Å². The molecule has 0 unspecified atom stereocenters. The van der Waals surface area contributed by atoms with Crippen LogP contribution in [0.3, 0.4) is 0 Å². The van der Waals surface area contributed by atoms with Gasteiger partial charge in [-0.1, -0.05) is 30.3 Å². The number of nitrogens with zero attached hydrogens (tertiary/aromatic N) is 2. The molecule has 10 nitrogen and oxygen atoms in total. The molecule has 2 amide bonds. The summed E-state index contributed by atoms with van der Waals surface area (Å²) in [5.41, 5.74) is 4.30. The van der Waals surface area contributed by atoms with E-state index in [2.05, 4.69) is 15.8 Å². The molecule has 0 aliphatic rings. The number of hydrogen-bond donors (Lipinski definition) is 3. The van der Waals surface area contributed by atoms with Crippen molar-refractivity contribution in [1.29, 1.82) is 0 Å². The van der Waals surface area contributed by atoms with Crippen LogP contribution in [0.2, 0.25) is 0 Å². The molecule has 0 bridgehead atoms. The summed E-state index contributed by atoms with van der Waals surface area (Å²) in [5, 5.41) is 16.3. The molecule has 0 saturated carbocycles. The van der Waals surface area contributed by atoms with Gasteiger partial charge in [-0.05, 0) is 66.9 Å². The number of anilines is 1. The van der Waals surface area contributed by atoms with E-state index in [9.17, 15) is 23.1 Å². The molecule has 0 fully saturated rings. The highest BCUT2D eigenvalue weighted by atomic mass is 32.2. The Labute approximate surface area is 222 Å². The Kier molecular flexibility index (Phi) is 9.97. The summed E-state index contributed by atoms with van der Waals surface area (Å²) in [5.74, 6) is -0.636. The maximum atomic E-state index is 13.4. The topological polar surface area (TPSA) is 137 Å². The molecule has 0 radical (unpaired) electrons. The van der Waals surface area contributed by atoms with Gasteiger partial charge in [0, 0.05) is 19.2 Å². The molecule has 0 aliphatic heterocycles. The third-order valence-electron chi connectivity index (χ3n) is 5.31. The molecule has 0 aliphatic carbocycles. The van der Waals surface area contributed by atoms with Gasteiger partial charge in [-0.3, -0.25) is 9.59 Å². The normalized spacial score (nSPS) is 11.4. The molecular weight excluding hydrogens is 508 g/mol. The average molecular weight is 539 g/mol. The van der Waals surface area contributed by atoms with Crippen LogP contribution in [0.25, 0.3) is 0 Å². The number of sulfonamides is 1. The number of nitrogens with one attached hydrogen (secondary N) is 2. The zero-order valence-corrected chi connectivity index (χ0v) is 21.9. The highest BCUT2D eigenvalue weighted by Crippen LogP contribution is 2.26. The van der Waals surface area contributed by atoms with Crippen LogP contribution in [0.15, 0.2) is 82.8 Å². The number of amides is 2. The molecule has 3 N–H and O–H groups in total. The first kappa shape index (κ1) is 28.4. The van der Waals surface area contributed by atoms with Crippen molar-refractivity contribution in [1.82, 2.24) is 9.73 Å². The van der Waals surface area contributed by atoms with Gasteiger partial charge < -0.3 is 15.2 Å². The molecule has 3 aromatic rings. The van der Waals surface area contributed by atoms with Crippen molar-refractivity contribution in [2.24, 2.45) is 5.10 Å². The molecule has 200 valence electrons. The zero-order chi connectivity index (χ0) is 27.5. The van der Waals surface area contributed by atoms with Crippen LogP contribution in [0.4, 0.5) is 5.69 Å². The zero-order valence-electron chi connectivity index (χ0n) is 21.1. The molecule has 38 heavy (non-hydrogen) atoms. The Hall–Kier alpha value is -4.22. The van der Waals surface area contributed by atoms with Crippen molar-refractivity contribution in [3.8, 4) is 11.5 Å².